The van der Waals surface area contributed by atoms with Crippen LogP contribution in [-0.4, -0.2) is 12.9 Å². The molecule has 19 heavy (non-hydrogen) atoms. The summed E-state index contributed by atoms with van der Waals surface area (Å²) in [5, 5.41) is 0.344. The summed E-state index contributed by atoms with van der Waals surface area (Å²) >= 11 is 9.38. The van der Waals surface area contributed by atoms with Crippen LogP contribution in [0.5, 0.6) is 5.75 Å². The Hall–Kier alpha value is -1.52. The highest BCUT2D eigenvalue weighted by Crippen LogP contribution is 2.28. The molecule has 0 heterocycles. The molecule has 0 aromatic heterocycles. The SMILES string of the molecule is COc1ccc(C(=O)c2ccc(N)cc2Cl)cc1Br. The lowest BCUT2D eigenvalue weighted by Crippen LogP contribution is -2.03. The average molecular weight is 341 g/mol. The van der Waals surface area contributed by atoms with Crippen molar-refractivity contribution in [3.05, 3.63) is 57.0 Å². The summed E-state index contributed by atoms with van der Waals surface area (Å²) in [6.45, 7) is 0. The second-order valence-electron chi connectivity index (χ2n) is 3.92. The van der Waals surface area contributed by atoms with E-state index in [2.05, 4.69) is 15.9 Å². The molecule has 0 radical (unpaired) electrons. The first-order chi connectivity index (χ1) is 9.02. The van der Waals surface area contributed by atoms with Gasteiger partial charge in [-0.25, -0.2) is 0 Å². The maximum atomic E-state index is 12.3. The number of benzene rings is 2. The molecule has 0 unspecified atom stereocenters. The average Bonchev–Trinajstić information content (AvgIpc) is 2.38. The molecular formula is C14H11BrClNO2. The van der Waals surface area contributed by atoms with Crippen LogP contribution in [0.2, 0.25) is 5.02 Å². The molecule has 3 nitrogen and oxygen atoms in total. The molecule has 0 spiro atoms. The number of nitrogens with two attached hydrogens (primary N) is 1. The van der Waals surface area contributed by atoms with Crippen molar-refractivity contribution < 1.29 is 9.53 Å². The molecule has 2 N–H and O–H groups in total. The van der Waals surface area contributed by atoms with E-state index in [4.69, 9.17) is 22.1 Å². The zero-order valence-electron chi connectivity index (χ0n) is 10.1. The van der Waals surface area contributed by atoms with Crippen molar-refractivity contribution >= 4 is 39.0 Å². The van der Waals surface area contributed by atoms with Gasteiger partial charge in [0.1, 0.15) is 5.75 Å². The fourth-order valence-corrected chi connectivity index (χ4v) is 2.49. The molecule has 5 heteroatoms. The third-order valence-corrected chi connectivity index (χ3v) is 3.58. The van der Waals surface area contributed by atoms with Crippen molar-refractivity contribution in [2.75, 3.05) is 12.8 Å². The van der Waals surface area contributed by atoms with Crippen molar-refractivity contribution in [2.45, 2.75) is 0 Å². The minimum atomic E-state index is -0.159. The maximum absolute atomic E-state index is 12.3. The van der Waals surface area contributed by atoms with Gasteiger partial charge in [0.25, 0.3) is 0 Å². The summed E-state index contributed by atoms with van der Waals surface area (Å²) < 4.78 is 5.84. The molecule has 0 bridgehead atoms. The monoisotopic (exact) mass is 339 g/mol. The Morgan fingerprint density at radius 3 is 2.58 bits per heavy atom. The molecule has 0 atom stereocenters. The molecule has 2 aromatic carbocycles. The van der Waals surface area contributed by atoms with Crippen LogP contribution >= 0.6 is 27.5 Å². The van der Waals surface area contributed by atoms with Gasteiger partial charge in [0.2, 0.25) is 0 Å². The van der Waals surface area contributed by atoms with Crippen molar-refractivity contribution in [3.8, 4) is 5.75 Å². The second kappa shape index (κ2) is 5.63. The van der Waals surface area contributed by atoms with Crippen molar-refractivity contribution in [3.63, 3.8) is 0 Å². The Balaban J connectivity index is 2.41. The largest absolute Gasteiger partial charge is 0.496 e. The van der Waals surface area contributed by atoms with Crippen molar-refractivity contribution in [1.29, 1.82) is 0 Å². The zero-order chi connectivity index (χ0) is 14.0. The Morgan fingerprint density at radius 1 is 1.26 bits per heavy atom. The first-order valence-corrected chi connectivity index (χ1v) is 6.63. The van der Waals surface area contributed by atoms with Gasteiger partial charge in [-0.1, -0.05) is 11.6 Å². The molecule has 0 aliphatic heterocycles. The number of hydrogen-bond acceptors (Lipinski definition) is 3. The Labute approximate surface area is 124 Å². The Kier molecular flexibility index (Phi) is 4.12. The van der Waals surface area contributed by atoms with E-state index < -0.39 is 0 Å². The molecule has 0 aliphatic carbocycles. The molecule has 0 amide bonds. The first kappa shape index (κ1) is 13.9. The number of halogens is 2. The van der Waals surface area contributed by atoms with Gasteiger partial charge in [-0.3, -0.25) is 4.79 Å². The van der Waals surface area contributed by atoms with Crippen LogP contribution in [-0.2, 0) is 0 Å². The summed E-state index contributed by atoms with van der Waals surface area (Å²) in [5.74, 6) is 0.508. The van der Waals surface area contributed by atoms with E-state index in [1.165, 1.54) is 0 Å². The number of ether oxygens (including phenoxy) is 1. The molecule has 0 fully saturated rings. The maximum Gasteiger partial charge on any atom is 0.194 e. The Morgan fingerprint density at radius 2 is 2.00 bits per heavy atom. The molecule has 2 rings (SSSR count). The van der Waals surface area contributed by atoms with Crippen LogP contribution < -0.4 is 10.5 Å². The van der Waals surface area contributed by atoms with Crippen LogP contribution in [0.1, 0.15) is 15.9 Å². The molecule has 98 valence electrons. The number of rotatable bonds is 3. The van der Waals surface area contributed by atoms with E-state index in [1.807, 2.05) is 0 Å². The summed E-state index contributed by atoms with van der Waals surface area (Å²) in [4.78, 5) is 12.3. The molecule has 0 aliphatic rings. The first-order valence-electron chi connectivity index (χ1n) is 5.46. The highest BCUT2D eigenvalue weighted by molar-refractivity contribution is 9.10. The lowest BCUT2D eigenvalue weighted by Gasteiger charge is -2.07. The van der Waals surface area contributed by atoms with Crippen molar-refractivity contribution in [2.24, 2.45) is 0 Å². The Bertz CT molecular complexity index is 643. The quantitative estimate of drug-likeness (QED) is 0.680. The van der Waals surface area contributed by atoms with E-state index in [-0.39, 0.29) is 5.78 Å². The molecular weight excluding hydrogens is 330 g/mol. The number of carbonyl (C=O) groups excluding carboxylic acids is 1. The summed E-state index contributed by atoms with van der Waals surface area (Å²) in [6.07, 6.45) is 0. The van der Waals surface area contributed by atoms with E-state index in [1.54, 1.807) is 43.5 Å². The topological polar surface area (TPSA) is 52.3 Å². The smallest absolute Gasteiger partial charge is 0.194 e. The van der Waals surface area contributed by atoms with Crippen LogP contribution in [0, 0.1) is 0 Å². The highest BCUT2D eigenvalue weighted by atomic mass is 79.9. The molecule has 0 saturated heterocycles. The van der Waals surface area contributed by atoms with Gasteiger partial charge in [-0.15, -0.1) is 0 Å². The number of nitrogen functional groups attached to an aromatic ring is 1. The van der Waals surface area contributed by atoms with Crippen LogP contribution in [0.3, 0.4) is 0 Å². The van der Waals surface area contributed by atoms with Gasteiger partial charge in [0.05, 0.1) is 16.6 Å². The summed E-state index contributed by atoms with van der Waals surface area (Å²) in [6, 6.07) is 9.96. The van der Waals surface area contributed by atoms with Gasteiger partial charge in [0.15, 0.2) is 5.78 Å². The van der Waals surface area contributed by atoms with Crippen LogP contribution in [0.4, 0.5) is 5.69 Å². The van der Waals surface area contributed by atoms with Gasteiger partial charge >= 0.3 is 0 Å². The highest BCUT2D eigenvalue weighted by Gasteiger charge is 2.14. The predicted octanol–water partition coefficient (Wildman–Crippen LogP) is 3.92. The fourth-order valence-electron chi connectivity index (χ4n) is 1.68. The lowest BCUT2D eigenvalue weighted by molar-refractivity contribution is 0.103. The van der Waals surface area contributed by atoms with Gasteiger partial charge in [-0.2, -0.15) is 0 Å². The third-order valence-electron chi connectivity index (χ3n) is 2.65. The number of ketones is 1. The van der Waals surface area contributed by atoms with Gasteiger partial charge in [0, 0.05) is 16.8 Å². The minimum absolute atomic E-state index is 0.159. The zero-order valence-corrected chi connectivity index (χ0v) is 12.5. The number of hydrogen-bond donors (Lipinski definition) is 1. The third kappa shape index (κ3) is 2.91. The van der Waals surface area contributed by atoms with Crippen molar-refractivity contribution in [1.82, 2.24) is 0 Å². The van der Waals surface area contributed by atoms with Crippen LogP contribution in [0.25, 0.3) is 0 Å². The summed E-state index contributed by atoms with van der Waals surface area (Å²) in [7, 11) is 1.57. The van der Waals surface area contributed by atoms with Crippen LogP contribution in [0.15, 0.2) is 40.9 Å². The fraction of sp³-hybridized carbons (Fsp3) is 0.0714. The number of anilines is 1. The predicted molar refractivity (Wildman–Crippen MR) is 80.0 cm³/mol. The lowest BCUT2D eigenvalue weighted by atomic mass is 10.0. The van der Waals surface area contributed by atoms with Gasteiger partial charge in [-0.05, 0) is 52.3 Å². The normalized spacial score (nSPS) is 10.3. The number of methoxy groups -OCH3 is 1. The second-order valence-corrected chi connectivity index (χ2v) is 5.18. The standard InChI is InChI=1S/C14H11BrClNO2/c1-19-13-5-2-8(6-11(13)15)14(18)10-4-3-9(17)7-12(10)16/h2-7H,17H2,1H3. The molecule has 0 saturated carbocycles. The minimum Gasteiger partial charge on any atom is -0.496 e. The van der Waals surface area contributed by atoms with E-state index >= 15 is 0 Å². The van der Waals surface area contributed by atoms with Gasteiger partial charge < -0.3 is 10.5 Å². The number of carbonyl (C=O) groups is 1. The van der Waals surface area contributed by atoms with E-state index in [0.717, 1.165) is 0 Å². The summed E-state index contributed by atoms with van der Waals surface area (Å²) in [5.41, 5.74) is 7.09. The molecule has 2 aromatic rings. The van der Waals surface area contributed by atoms with E-state index in [9.17, 15) is 4.79 Å². The van der Waals surface area contributed by atoms with E-state index in [0.29, 0.717) is 32.1 Å².